The minimum absolute atomic E-state index is 0.219. The smallest absolute Gasteiger partial charge is 0.336 e. The van der Waals surface area contributed by atoms with E-state index < -0.39 is 5.97 Å². The van der Waals surface area contributed by atoms with Gasteiger partial charge < -0.3 is 5.11 Å². The highest BCUT2D eigenvalue weighted by molar-refractivity contribution is 6.22. The summed E-state index contributed by atoms with van der Waals surface area (Å²) in [4.78, 5) is 14.0. The number of carbonyl (C=O) groups is 1. The summed E-state index contributed by atoms with van der Waals surface area (Å²) < 4.78 is 0. The van der Waals surface area contributed by atoms with Crippen molar-refractivity contribution in [1.82, 2.24) is 0 Å². The van der Waals surface area contributed by atoms with Crippen molar-refractivity contribution in [2.45, 2.75) is 11.9 Å². The molecule has 10 heavy (non-hydrogen) atoms. The fraction of sp³-hybridized carbons (Fsp3) is 0.333. The number of rotatable bonds is 1. The van der Waals surface area contributed by atoms with Gasteiger partial charge in [-0.1, -0.05) is 17.7 Å². The van der Waals surface area contributed by atoms with Crippen molar-refractivity contribution in [1.29, 1.82) is 0 Å². The number of aliphatic carboxylic acids is 1. The second-order valence-corrected chi connectivity index (χ2v) is 2.42. The van der Waals surface area contributed by atoms with E-state index in [0.29, 0.717) is 6.42 Å². The van der Waals surface area contributed by atoms with E-state index in [4.69, 9.17) is 16.7 Å². The van der Waals surface area contributed by atoms with Crippen molar-refractivity contribution in [2.24, 2.45) is 4.99 Å². The molecule has 0 saturated heterocycles. The molecule has 1 atom stereocenters. The van der Waals surface area contributed by atoms with E-state index in [1.54, 1.807) is 6.08 Å². The highest BCUT2D eigenvalue weighted by Gasteiger charge is 2.10. The molecule has 0 fully saturated rings. The predicted molar refractivity (Wildman–Crippen MR) is 38.5 cm³/mol. The second kappa shape index (κ2) is 2.84. The number of nitrogens with zero attached hydrogens (tertiary/aromatic N) is 1. The van der Waals surface area contributed by atoms with Gasteiger partial charge in [0.05, 0.1) is 5.57 Å². The number of dihydropyridines is 1. The Morgan fingerprint density at radius 1 is 1.90 bits per heavy atom. The Morgan fingerprint density at radius 2 is 2.60 bits per heavy atom. The molecule has 0 saturated carbocycles. The van der Waals surface area contributed by atoms with Crippen LogP contribution >= 0.6 is 11.6 Å². The van der Waals surface area contributed by atoms with Crippen LogP contribution < -0.4 is 0 Å². The van der Waals surface area contributed by atoms with Gasteiger partial charge in [-0.05, 0) is 0 Å². The van der Waals surface area contributed by atoms with Crippen LogP contribution in [0.25, 0.3) is 0 Å². The van der Waals surface area contributed by atoms with Gasteiger partial charge in [0.1, 0.15) is 5.50 Å². The number of hydrogen-bond acceptors (Lipinski definition) is 2. The van der Waals surface area contributed by atoms with Gasteiger partial charge >= 0.3 is 5.97 Å². The zero-order valence-corrected chi connectivity index (χ0v) is 5.88. The predicted octanol–water partition coefficient (Wildman–Crippen LogP) is 1.04. The van der Waals surface area contributed by atoms with Crippen molar-refractivity contribution in [2.75, 3.05) is 0 Å². The standard InChI is InChI=1S/C6H6ClNO2/c7-5-2-1-4(3-8-5)6(9)10/h1,3,5H,2H2,(H,9,10). The Balaban J connectivity index is 2.67. The molecule has 4 heteroatoms. The Hall–Kier alpha value is -0.830. The topological polar surface area (TPSA) is 49.7 Å². The summed E-state index contributed by atoms with van der Waals surface area (Å²) in [6, 6.07) is 0. The van der Waals surface area contributed by atoms with E-state index in [1.807, 2.05) is 0 Å². The lowest BCUT2D eigenvalue weighted by Gasteiger charge is -2.05. The fourth-order valence-corrected chi connectivity index (χ4v) is 0.787. The molecule has 1 unspecified atom stereocenters. The molecule has 1 heterocycles. The van der Waals surface area contributed by atoms with E-state index in [-0.39, 0.29) is 11.1 Å². The molecule has 0 amide bonds. The lowest BCUT2D eigenvalue weighted by molar-refractivity contribution is -0.132. The van der Waals surface area contributed by atoms with Crippen molar-refractivity contribution >= 4 is 23.8 Å². The highest BCUT2D eigenvalue weighted by atomic mass is 35.5. The summed E-state index contributed by atoms with van der Waals surface area (Å²) >= 11 is 5.55. The molecule has 1 rings (SSSR count). The van der Waals surface area contributed by atoms with Crippen molar-refractivity contribution in [3.05, 3.63) is 11.6 Å². The molecule has 0 aromatic heterocycles. The molecular formula is C6H6ClNO2. The summed E-state index contributed by atoms with van der Waals surface area (Å²) in [5.74, 6) is -0.952. The Kier molecular flexibility index (Phi) is 2.06. The van der Waals surface area contributed by atoms with E-state index >= 15 is 0 Å². The largest absolute Gasteiger partial charge is 0.478 e. The molecule has 0 spiro atoms. The van der Waals surface area contributed by atoms with Crippen LogP contribution in [0.2, 0.25) is 0 Å². The third-order valence-corrected chi connectivity index (χ3v) is 1.45. The molecule has 1 aliphatic rings. The van der Waals surface area contributed by atoms with Gasteiger partial charge in [-0.15, -0.1) is 0 Å². The van der Waals surface area contributed by atoms with E-state index in [0.717, 1.165) is 0 Å². The van der Waals surface area contributed by atoms with Gasteiger partial charge in [0, 0.05) is 12.6 Å². The molecule has 0 radical (unpaired) electrons. The Bertz CT molecular complexity index is 210. The van der Waals surface area contributed by atoms with Crippen LogP contribution in [-0.2, 0) is 4.79 Å². The van der Waals surface area contributed by atoms with Crippen LogP contribution in [0.5, 0.6) is 0 Å². The summed E-state index contributed by atoms with van der Waals surface area (Å²) in [7, 11) is 0. The third-order valence-electron chi connectivity index (χ3n) is 1.15. The first kappa shape index (κ1) is 7.28. The minimum atomic E-state index is -0.952. The van der Waals surface area contributed by atoms with Gasteiger partial charge in [0.2, 0.25) is 0 Å². The minimum Gasteiger partial charge on any atom is -0.478 e. The van der Waals surface area contributed by atoms with Crippen LogP contribution in [0.3, 0.4) is 0 Å². The number of carboxylic acids is 1. The van der Waals surface area contributed by atoms with E-state index in [2.05, 4.69) is 4.99 Å². The van der Waals surface area contributed by atoms with Crippen LogP contribution in [0, 0.1) is 0 Å². The average Bonchev–Trinajstić information content (AvgIpc) is 1.88. The maximum Gasteiger partial charge on any atom is 0.336 e. The monoisotopic (exact) mass is 159 g/mol. The summed E-state index contributed by atoms with van der Waals surface area (Å²) in [6.07, 6.45) is 3.34. The number of aliphatic imine (C=N–C) groups is 1. The molecule has 3 nitrogen and oxygen atoms in total. The summed E-state index contributed by atoms with van der Waals surface area (Å²) in [5, 5.41) is 8.42. The molecular weight excluding hydrogens is 154 g/mol. The normalized spacial score (nSPS) is 24.1. The van der Waals surface area contributed by atoms with E-state index in [9.17, 15) is 4.79 Å². The van der Waals surface area contributed by atoms with Gasteiger partial charge in [-0.25, -0.2) is 4.79 Å². The number of alkyl halides is 1. The molecule has 54 valence electrons. The third kappa shape index (κ3) is 1.57. The summed E-state index contributed by atoms with van der Waals surface area (Å²) in [6.45, 7) is 0. The SMILES string of the molecule is O=C(O)C1=CCC(Cl)N=C1. The van der Waals surface area contributed by atoms with Crippen molar-refractivity contribution in [3.8, 4) is 0 Å². The van der Waals surface area contributed by atoms with Crippen LogP contribution in [0.4, 0.5) is 0 Å². The number of carboxylic acid groups (broad SMARTS) is 1. The maximum absolute atomic E-state index is 10.3. The lowest BCUT2D eigenvalue weighted by atomic mass is 10.2. The molecule has 0 aromatic rings. The second-order valence-electron chi connectivity index (χ2n) is 1.91. The number of hydrogen-bond donors (Lipinski definition) is 1. The zero-order valence-electron chi connectivity index (χ0n) is 5.12. The highest BCUT2D eigenvalue weighted by Crippen LogP contribution is 2.11. The Labute approximate surface area is 63.0 Å². The van der Waals surface area contributed by atoms with Gasteiger partial charge in [0.25, 0.3) is 0 Å². The summed E-state index contributed by atoms with van der Waals surface area (Å²) in [5.41, 5.74) is -0.0694. The lowest BCUT2D eigenvalue weighted by Crippen LogP contribution is -2.08. The van der Waals surface area contributed by atoms with Gasteiger partial charge in [0.15, 0.2) is 0 Å². The van der Waals surface area contributed by atoms with Crippen LogP contribution in [-0.4, -0.2) is 22.8 Å². The maximum atomic E-state index is 10.3. The quantitative estimate of drug-likeness (QED) is 0.459. The number of halogens is 1. The van der Waals surface area contributed by atoms with Crippen molar-refractivity contribution < 1.29 is 9.90 Å². The molecule has 1 aliphatic heterocycles. The van der Waals surface area contributed by atoms with Gasteiger partial charge in [-0.3, -0.25) is 4.99 Å². The van der Waals surface area contributed by atoms with Crippen LogP contribution in [0.15, 0.2) is 16.6 Å². The first-order valence-corrected chi connectivity index (χ1v) is 3.24. The fourth-order valence-electron chi connectivity index (χ4n) is 0.641. The first-order chi connectivity index (χ1) is 4.70. The Morgan fingerprint density at radius 3 is 3.00 bits per heavy atom. The van der Waals surface area contributed by atoms with Crippen molar-refractivity contribution in [3.63, 3.8) is 0 Å². The molecule has 0 bridgehead atoms. The zero-order chi connectivity index (χ0) is 7.56. The molecule has 0 aromatic carbocycles. The van der Waals surface area contributed by atoms with Crippen LogP contribution in [0.1, 0.15) is 6.42 Å². The van der Waals surface area contributed by atoms with Gasteiger partial charge in [-0.2, -0.15) is 0 Å². The molecule has 1 N–H and O–H groups in total. The molecule has 0 aliphatic carbocycles. The first-order valence-electron chi connectivity index (χ1n) is 2.81. The van der Waals surface area contributed by atoms with E-state index in [1.165, 1.54) is 6.21 Å². The average molecular weight is 160 g/mol.